The molecule has 20 heavy (non-hydrogen) atoms. The molecule has 0 aromatic rings. The molecule has 1 amide bonds. The van der Waals surface area contributed by atoms with Crippen molar-refractivity contribution in [2.24, 2.45) is 0 Å². The van der Waals surface area contributed by atoms with Gasteiger partial charge in [0.2, 0.25) is 0 Å². The highest BCUT2D eigenvalue weighted by Crippen LogP contribution is 2.15. The number of likely N-dealkylation sites (tertiary alicyclic amines) is 2. The van der Waals surface area contributed by atoms with Crippen molar-refractivity contribution in [2.45, 2.75) is 51.7 Å². The summed E-state index contributed by atoms with van der Waals surface area (Å²) in [5, 5.41) is 3.57. The largest absolute Gasteiger partial charge is 0.444 e. The zero-order valence-electron chi connectivity index (χ0n) is 13.2. The Morgan fingerprint density at radius 3 is 2.60 bits per heavy atom. The zero-order chi connectivity index (χ0) is 14.6. The number of nitrogens with one attached hydrogen (secondary N) is 1. The summed E-state index contributed by atoms with van der Waals surface area (Å²) < 4.78 is 5.41. The van der Waals surface area contributed by atoms with E-state index >= 15 is 0 Å². The van der Waals surface area contributed by atoms with Gasteiger partial charge >= 0.3 is 6.09 Å². The average molecular weight is 283 g/mol. The fourth-order valence-electron chi connectivity index (χ4n) is 2.85. The van der Waals surface area contributed by atoms with Gasteiger partial charge < -0.3 is 19.9 Å². The van der Waals surface area contributed by atoms with Gasteiger partial charge in [0, 0.05) is 32.2 Å². The van der Waals surface area contributed by atoms with Crippen LogP contribution in [0.3, 0.4) is 0 Å². The number of hydrogen-bond donors (Lipinski definition) is 1. The van der Waals surface area contributed by atoms with Gasteiger partial charge in [0.1, 0.15) is 5.60 Å². The van der Waals surface area contributed by atoms with Crippen molar-refractivity contribution in [1.29, 1.82) is 0 Å². The van der Waals surface area contributed by atoms with E-state index in [0.717, 1.165) is 32.6 Å². The van der Waals surface area contributed by atoms with E-state index in [1.807, 2.05) is 25.7 Å². The van der Waals surface area contributed by atoms with E-state index in [1.54, 1.807) is 0 Å². The standard InChI is InChI=1S/C15H29N3O2/c1-15(2,3)20-14(19)18-10-6-13(12-18)16-7-11-17-8-4-5-9-17/h13,16H,4-12H2,1-3H3. The molecule has 2 aliphatic rings. The maximum absolute atomic E-state index is 12.0. The normalized spacial score (nSPS) is 24.4. The van der Waals surface area contributed by atoms with Gasteiger partial charge in [-0.25, -0.2) is 4.79 Å². The summed E-state index contributed by atoms with van der Waals surface area (Å²) in [4.78, 5) is 16.3. The number of ether oxygens (including phenoxy) is 1. The summed E-state index contributed by atoms with van der Waals surface area (Å²) in [6.45, 7) is 11.9. The minimum absolute atomic E-state index is 0.179. The summed E-state index contributed by atoms with van der Waals surface area (Å²) in [5.74, 6) is 0. The van der Waals surface area contributed by atoms with Crippen LogP contribution in [0.5, 0.6) is 0 Å². The molecule has 1 atom stereocenters. The minimum Gasteiger partial charge on any atom is -0.444 e. The molecule has 2 saturated heterocycles. The lowest BCUT2D eigenvalue weighted by molar-refractivity contribution is 0.0291. The molecule has 1 unspecified atom stereocenters. The highest BCUT2D eigenvalue weighted by molar-refractivity contribution is 5.68. The first kappa shape index (κ1) is 15.6. The van der Waals surface area contributed by atoms with Gasteiger partial charge in [-0.1, -0.05) is 0 Å². The predicted molar refractivity (Wildman–Crippen MR) is 79.9 cm³/mol. The van der Waals surface area contributed by atoms with Gasteiger partial charge in [0.25, 0.3) is 0 Å². The van der Waals surface area contributed by atoms with E-state index in [4.69, 9.17) is 4.74 Å². The Kier molecular flexibility index (Phi) is 5.27. The Bertz CT molecular complexity index is 322. The van der Waals surface area contributed by atoms with Gasteiger partial charge in [-0.3, -0.25) is 0 Å². The third-order valence-electron chi connectivity index (χ3n) is 3.90. The van der Waals surface area contributed by atoms with Crippen LogP contribution in [0, 0.1) is 0 Å². The molecule has 0 aromatic heterocycles. The molecule has 1 N–H and O–H groups in total. The van der Waals surface area contributed by atoms with Gasteiger partial charge in [0.05, 0.1) is 0 Å². The Morgan fingerprint density at radius 1 is 1.25 bits per heavy atom. The molecule has 2 aliphatic heterocycles. The molecule has 5 nitrogen and oxygen atoms in total. The van der Waals surface area contributed by atoms with Crippen LogP contribution in [0.2, 0.25) is 0 Å². The van der Waals surface area contributed by atoms with Crippen molar-refractivity contribution >= 4 is 6.09 Å². The van der Waals surface area contributed by atoms with E-state index in [2.05, 4.69) is 10.2 Å². The van der Waals surface area contributed by atoms with Gasteiger partial charge in [-0.15, -0.1) is 0 Å². The fraction of sp³-hybridized carbons (Fsp3) is 0.933. The lowest BCUT2D eigenvalue weighted by atomic mass is 10.2. The zero-order valence-corrected chi connectivity index (χ0v) is 13.2. The molecular weight excluding hydrogens is 254 g/mol. The molecule has 2 fully saturated rings. The van der Waals surface area contributed by atoms with Crippen molar-refractivity contribution in [1.82, 2.24) is 15.1 Å². The van der Waals surface area contributed by atoms with Crippen molar-refractivity contribution in [2.75, 3.05) is 39.3 Å². The number of carbonyl (C=O) groups is 1. The van der Waals surface area contributed by atoms with Crippen molar-refractivity contribution in [3.63, 3.8) is 0 Å². The van der Waals surface area contributed by atoms with Crippen molar-refractivity contribution in [3.05, 3.63) is 0 Å². The van der Waals surface area contributed by atoms with Crippen LogP contribution in [0.1, 0.15) is 40.0 Å². The first-order chi connectivity index (χ1) is 9.44. The van der Waals surface area contributed by atoms with E-state index in [0.29, 0.717) is 6.04 Å². The highest BCUT2D eigenvalue weighted by Gasteiger charge is 2.29. The molecule has 116 valence electrons. The summed E-state index contributed by atoms with van der Waals surface area (Å²) in [7, 11) is 0. The summed E-state index contributed by atoms with van der Waals surface area (Å²) in [6, 6.07) is 0.421. The molecule has 0 radical (unpaired) electrons. The highest BCUT2D eigenvalue weighted by atomic mass is 16.6. The molecule has 0 aliphatic carbocycles. The van der Waals surface area contributed by atoms with Crippen LogP contribution in [-0.4, -0.2) is 66.8 Å². The molecule has 2 rings (SSSR count). The third-order valence-corrected chi connectivity index (χ3v) is 3.90. The minimum atomic E-state index is -0.404. The van der Waals surface area contributed by atoms with Gasteiger partial charge in [0.15, 0.2) is 0 Å². The molecule has 0 bridgehead atoms. The second-order valence-corrected chi connectivity index (χ2v) is 6.91. The quantitative estimate of drug-likeness (QED) is 0.852. The summed E-state index contributed by atoms with van der Waals surface area (Å²) in [5.41, 5.74) is -0.404. The van der Waals surface area contributed by atoms with Crippen LogP contribution < -0.4 is 5.32 Å². The summed E-state index contributed by atoms with van der Waals surface area (Å²) >= 11 is 0. The first-order valence-corrected chi connectivity index (χ1v) is 7.88. The molecule has 0 aromatic carbocycles. The van der Waals surface area contributed by atoms with E-state index in [1.165, 1.54) is 25.9 Å². The smallest absolute Gasteiger partial charge is 0.410 e. The number of nitrogens with zero attached hydrogens (tertiary/aromatic N) is 2. The van der Waals surface area contributed by atoms with Gasteiger partial charge in [-0.05, 0) is 53.1 Å². The SMILES string of the molecule is CC(C)(C)OC(=O)N1CCC(NCCN2CCCC2)C1. The van der Waals surface area contributed by atoms with E-state index < -0.39 is 5.60 Å². The lowest BCUT2D eigenvalue weighted by Crippen LogP contribution is -2.40. The molecule has 0 spiro atoms. The van der Waals surface area contributed by atoms with Crippen LogP contribution in [0.25, 0.3) is 0 Å². The number of carbonyl (C=O) groups excluding carboxylic acids is 1. The number of amides is 1. The predicted octanol–water partition coefficient (Wildman–Crippen LogP) is 1.68. The Labute approximate surface area is 122 Å². The maximum Gasteiger partial charge on any atom is 0.410 e. The fourth-order valence-corrected chi connectivity index (χ4v) is 2.85. The molecular formula is C15H29N3O2. The van der Waals surface area contributed by atoms with Crippen LogP contribution >= 0.6 is 0 Å². The monoisotopic (exact) mass is 283 g/mol. The second-order valence-electron chi connectivity index (χ2n) is 6.91. The second kappa shape index (κ2) is 6.76. The van der Waals surface area contributed by atoms with Crippen molar-refractivity contribution < 1.29 is 9.53 Å². The Morgan fingerprint density at radius 2 is 1.95 bits per heavy atom. The van der Waals surface area contributed by atoms with Crippen LogP contribution in [-0.2, 0) is 4.74 Å². The van der Waals surface area contributed by atoms with Crippen LogP contribution in [0.4, 0.5) is 4.79 Å². The molecule has 5 heteroatoms. The Hall–Kier alpha value is -0.810. The van der Waals surface area contributed by atoms with Gasteiger partial charge in [-0.2, -0.15) is 0 Å². The maximum atomic E-state index is 12.0. The first-order valence-electron chi connectivity index (χ1n) is 7.88. The summed E-state index contributed by atoms with van der Waals surface area (Å²) in [6.07, 6.45) is 3.53. The molecule has 2 heterocycles. The molecule has 0 saturated carbocycles. The third kappa shape index (κ3) is 4.94. The Balaban J connectivity index is 1.63. The lowest BCUT2D eigenvalue weighted by Gasteiger charge is -2.24. The number of rotatable bonds is 4. The topological polar surface area (TPSA) is 44.8 Å². The van der Waals surface area contributed by atoms with E-state index in [-0.39, 0.29) is 6.09 Å². The van der Waals surface area contributed by atoms with Crippen LogP contribution in [0.15, 0.2) is 0 Å². The average Bonchev–Trinajstić information content (AvgIpc) is 2.97. The van der Waals surface area contributed by atoms with Crippen molar-refractivity contribution in [3.8, 4) is 0 Å². The van der Waals surface area contributed by atoms with E-state index in [9.17, 15) is 4.79 Å². The number of hydrogen-bond acceptors (Lipinski definition) is 4.